The van der Waals surface area contributed by atoms with E-state index < -0.39 is 17.7 Å². The summed E-state index contributed by atoms with van der Waals surface area (Å²) in [6, 6.07) is 18.5. The number of ketones is 1. The summed E-state index contributed by atoms with van der Waals surface area (Å²) in [6.07, 6.45) is 0.502. The molecular formula is C30H31NO7. The maximum atomic E-state index is 13.2. The molecule has 0 saturated carbocycles. The van der Waals surface area contributed by atoms with Crippen molar-refractivity contribution >= 4 is 17.4 Å². The van der Waals surface area contributed by atoms with Crippen LogP contribution in [0.25, 0.3) is 5.76 Å². The number of aryl methyl sites for hydroxylation is 1. The smallest absolute Gasteiger partial charge is 0.295 e. The molecule has 2 N–H and O–H groups in total. The standard InChI is InChI=1S/C30H31NO7/c1-19-6-4-7-20(16-19)18-38-23-11-8-21(9-12-23)28(33)26-27(22-10-13-24(32)25(17-22)37-3)31(14-5-15-36-2)30(35)29(26)34/h4,6-13,16-17,27,32-33H,5,14-15,18H2,1-3H3. The number of benzene rings is 3. The van der Waals surface area contributed by atoms with Crippen molar-refractivity contribution in [1.82, 2.24) is 4.90 Å². The predicted molar refractivity (Wildman–Crippen MR) is 142 cm³/mol. The molecule has 1 atom stereocenters. The molecule has 0 aromatic heterocycles. The van der Waals surface area contributed by atoms with Crippen LogP contribution in [0.4, 0.5) is 0 Å². The first-order valence-electron chi connectivity index (χ1n) is 12.3. The van der Waals surface area contributed by atoms with Gasteiger partial charge in [-0.1, -0.05) is 35.9 Å². The Labute approximate surface area is 221 Å². The molecule has 0 radical (unpaired) electrons. The molecule has 1 fully saturated rings. The first kappa shape index (κ1) is 26.8. The quantitative estimate of drug-likeness (QED) is 0.173. The number of aliphatic hydroxyl groups is 1. The van der Waals surface area contributed by atoms with E-state index in [1.807, 2.05) is 31.2 Å². The third-order valence-electron chi connectivity index (χ3n) is 6.42. The number of carbonyl (C=O) groups excluding carboxylic acids is 2. The Morgan fingerprint density at radius 2 is 1.76 bits per heavy atom. The van der Waals surface area contributed by atoms with Gasteiger partial charge in [0.15, 0.2) is 11.5 Å². The molecule has 198 valence electrons. The Bertz CT molecular complexity index is 1350. The average molecular weight is 518 g/mol. The van der Waals surface area contributed by atoms with Gasteiger partial charge in [0, 0.05) is 25.8 Å². The van der Waals surface area contributed by atoms with Gasteiger partial charge in [-0.15, -0.1) is 0 Å². The number of aromatic hydroxyl groups is 1. The van der Waals surface area contributed by atoms with Crippen LogP contribution in [0, 0.1) is 6.92 Å². The molecule has 1 aliphatic rings. The van der Waals surface area contributed by atoms with Crippen molar-refractivity contribution in [2.24, 2.45) is 0 Å². The van der Waals surface area contributed by atoms with Crippen LogP contribution in [0.3, 0.4) is 0 Å². The number of likely N-dealkylation sites (tertiary alicyclic amines) is 1. The van der Waals surface area contributed by atoms with Crippen molar-refractivity contribution in [3.63, 3.8) is 0 Å². The molecule has 3 aromatic carbocycles. The Hall–Kier alpha value is -4.30. The van der Waals surface area contributed by atoms with E-state index in [0.717, 1.165) is 11.1 Å². The lowest BCUT2D eigenvalue weighted by Gasteiger charge is -2.25. The SMILES string of the molecule is COCCCN1C(=O)C(=O)C(=C(O)c2ccc(OCc3cccc(C)c3)cc2)C1c1ccc(O)c(OC)c1. The zero-order valence-electron chi connectivity index (χ0n) is 21.6. The normalized spacial score (nSPS) is 16.6. The highest BCUT2D eigenvalue weighted by Gasteiger charge is 2.46. The summed E-state index contributed by atoms with van der Waals surface area (Å²) in [4.78, 5) is 27.6. The number of carbonyl (C=O) groups is 2. The summed E-state index contributed by atoms with van der Waals surface area (Å²) in [7, 11) is 2.97. The molecule has 0 aliphatic carbocycles. The molecule has 3 aromatic rings. The van der Waals surface area contributed by atoms with Crippen LogP contribution >= 0.6 is 0 Å². The van der Waals surface area contributed by atoms with E-state index in [2.05, 4.69) is 0 Å². The number of methoxy groups -OCH3 is 2. The zero-order chi connectivity index (χ0) is 27.2. The second kappa shape index (κ2) is 11.8. The Kier molecular flexibility index (Phi) is 8.33. The van der Waals surface area contributed by atoms with Crippen LogP contribution < -0.4 is 9.47 Å². The molecule has 38 heavy (non-hydrogen) atoms. The second-order valence-electron chi connectivity index (χ2n) is 9.07. The lowest BCUT2D eigenvalue weighted by Crippen LogP contribution is -2.31. The van der Waals surface area contributed by atoms with Crippen molar-refractivity contribution < 1.29 is 34.0 Å². The van der Waals surface area contributed by atoms with Gasteiger partial charge < -0.3 is 29.3 Å². The predicted octanol–water partition coefficient (Wildman–Crippen LogP) is 4.75. The number of hydrogen-bond donors (Lipinski definition) is 2. The van der Waals surface area contributed by atoms with E-state index >= 15 is 0 Å². The topological polar surface area (TPSA) is 106 Å². The summed E-state index contributed by atoms with van der Waals surface area (Å²) in [5.74, 6) is -1.06. The van der Waals surface area contributed by atoms with Crippen LogP contribution in [0.2, 0.25) is 0 Å². The van der Waals surface area contributed by atoms with Gasteiger partial charge in [0.05, 0.1) is 18.7 Å². The van der Waals surface area contributed by atoms with Gasteiger partial charge in [-0.25, -0.2) is 0 Å². The molecule has 8 nitrogen and oxygen atoms in total. The maximum Gasteiger partial charge on any atom is 0.295 e. The highest BCUT2D eigenvalue weighted by atomic mass is 16.5. The molecule has 1 unspecified atom stereocenters. The number of phenolic OH excluding ortho intramolecular Hbond substituents is 1. The van der Waals surface area contributed by atoms with Crippen LogP contribution in [0.15, 0.2) is 72.3 Å². The van der Waals surface area contributed by atoms with Crippen molar-refractivity contribution in [2.75, 3.05) is 27.4 Å². The van der Waals surface area contributed by atoms with Gasteiger partial charge in [-0.05, 0) is 60.9 Å². The van der Waals surface area contributed by atoms with Crippen molar-refractivity contribution in [3.05, 3.63) is 94.6 Å². The summed E-state index contributed by atoms with van der Waals surface area (Å²) < 4.78 is 16.2. The lowest BCUT2D eigenvalue weighted by molar-refractivity contribution is -0.140. The van der Waals surface area contributed by atoms with Crippen LogP contribution in [0.5, 0.6) is 17.2 Å². The minimum atomic E-state index is -0.862. The highest BCUT2D eigenvalue weighted by molar-refractivity contribution is 6.46. The highest BCUT2D eigenvalue weighted by Crippen LogP contribution is 2.42. The summed E-state index contributed by atoms with van der Waals surface area (Å²) in [6.45, 7) is 3.06. The third-order valence-corrected chi connectivity index (χ3v) is 6.42. The van der Waals surface area contributed by atoms with E-state index in [4.69, 9.17) is 14.2 Å². The van der Waals surface area contributed by atoms with Crippen LogP contribution in [-0.2, 0) is 20.9 Å². The molecule has 4 rings (SSSR count). The zero-order valence-corrected chi connectivity index (χ0v) is 21.6. The van der Waals surface area contributed by atoms with E-state index in [0.29, 0.717) is 36.5 Å². The Morgan fingerprint density at radius 1 is 1.00 bits per heavy atom. The average Bonchev–Trinajstić information content (AvgIpc) is 3.17. The van der Waals surface area contributed by atoms with Gasteiger partial charge in [0.1, 0.15) is 18.1 Å². The fourth-order valence-electron chi connectivity index (χ4n) is 4.53. The molecule has 0 bridgehead atoms. The van der Waals surface area contributed by atoms with Gasteiger partial charge in [0.2, 0.25) is 0 Å². The van der Waals surface area contributed by atoms with E-state index in [1.54, 1.807) is 43.5 Å². The molecular weight excluding hydrogens is 486 g/mol. The van der Waals surface area contributed by atoms with Crippen LogP contribution in [0.1, 0.15) is 34.7 Å². The van der Waals surface area contributed by atoms with Gasteiger partial charge in [-0.2, -0.15) is 0 Å². The fourth-order valence-corrected chi connectivity index (χ4v) is 4.53. The number of Topliss-reactive ketones (excluding diaryl/α,β-unsaturated/α-hetero) is 1. The maximum absolute atomic E-state index is 13.2. The van der Waals surface area contributed by atoms with Gasteiger partial charge in [0.25, 0.3) is 11.7 Å². The van der Waals surface area contributed by atoms with E-state index in [-0.39, 0.29) is 29.4 Å². The number of hydrogen-bond acceptors (Lipinski definition) is 7. The number of rotatable bonds is 10. The first-order chi connectivity index (χ1) is 18.3. The minimum absolute atomic E-state index is 0.0337. The summed E-state index contributed by atoms with van der Waals surface area (Å²) in [5.41, 5.74) is 3.05. The van der Waals surface area contributed by atoms with Gasteiger partial charge >= 0.3 is 0 Å². The number of phenols is 1. The summed E-state index contributed by atoms with van der Waals surface area (Å²) >= 11 is 0. The van der Waals surface area contributed by atoms with Crippen LogP contribution in [-0.4, -0.2) is 54.2 Å². The number of amides is 1. The molecule has 1 aliphatic heterocycles. The molecule has 8 heteroatoms. The number of ether oxygens (including phenoxy) is 3. The molecule has 1 heterocycles. The molecule has 0 spiro atoms. The number of aliphatic hydroxyl groups excluding tert-OH is 1. The molecule has 1 saturated heterocycles. The van der Waals surface area contributed by atoms with Crippen molar-refractivity contribution in [3.8, 4) is 17.2 Å². The minimum Gasteiger partial charge on any atom is -0.507 e. The van der Waals surface area contributed by atoms with E-state index in [1.165, 1.54) is 18.1 Å². The molecule has 1 amide bonds. The van der Waals surface area contributed by atoms with Crippen molar-refractivity contribution in [1.29, 1.82) is 0 Å². The monoisotopic (exact) mass is 517 g/mol. The largest absolute Gasteiger partial charge is 0.507 e. The first-order valence-corrected chi connectivity index (χ1v) is 12.3. The van der Waals surface area contributed by atoms with Crippen molar-refractivity contribution in [2.45, 2.75) is 26.0 Å². The Morgan fingerprint density at radius 3 is 2.45 bits per heavy atom. The third kappa shape index (κ3) is 5.65. The fraction of sp³-hybridized carbons (Fsp3) is 0.267. The lowest BCUT2D eigenvalue weighted by atomic mass is 9.95. The summed E-state index contributed by atoms with van der Waals surface area (Å²) in [5, 5.41) is 21.3. The van der Waals surface area contributed by atoms with Gasteiger partial charge in [-0.3, -0.25) is 9.59 Å². The van der Waals surface area contributed by atoms with E-state index in [9.17, 15) is 19.8 Å². The number of nitrogens with zero attached hydrogens (tertiary/aromatic N) is 1. The second-order valence-corrected chi connectivity index (χ2v) is 9.07. The Balaban J connectivity index is 1.66.